The van der Waals surface area contributed by atoms with E-state index in [1.165, 1.54) is 0 Å². The lowest BCUT2D eigenvalue weighted by Gasteiger charge is -2.38. The van der Waals surface area contributed by atoms with Crippen LogP contribution in [0.15, 0.2) is 24.3 Å². The Morgan fingerprint density at radius 3 is 2.38 bits per heavy atom. The molecule has 0 heterocycles. The van der Waals surface area contributed by atoms with Gasteiger partial charge in [0.15, 0.2) is 0 Å². The van der Waals surface area contributed by atoms with Gasteiger partial charge in [0.1, 0.15) is 0 Å². The molecule has 0 amide bonds. The second kappa shape index (κ2) is 5.17. The number of rotatable bonds is 4. The Bertz CT molecular complexity index is 348. The Hall–Kier alpha value is -0.570. The summed E-state index contributed by atoms with van der Waals surface area (Å²) in [6.07, 6.45) is 0.796. The van der Waals surface area contributed by atoms with E-state index in [9.17, 15) is 0 Å². The fourth-order valence-electron chi connectivity index (χ4n) is 1.48. The molecule has 0 spiro atoms. The van der Waals surface area contributed by atoms with Crippen molar-refractivity contribution >= 4 is 11.6 Å². The van der Waals surface area contributed by atoms with Gasteiger partial charge in [-0.15, -0.1) is 0 Å². The lowest BCUT2D eigenvalue weighted by atomic mass is 9.89. The number of likely N-dealkylation sites (N-methyl/N-ethyl adjacent to an activating group) is 1. The first-order valence-electron chi connectivity index (χ1n) is 5.52. The van der Waals surface area contributed by atoms with Crippen molar-refractivity contribution in [2.45, 2.75) is 31.8 Å². The summed E-state index contributed by atoms with van der Waals surface area (Å²) in [6, 6.07) is 7.94. The van der Waals surface area contributed by atoms with Crippen molar-refractivity contribution < 1.29 is 0 Å². The molecule has 0 aromatic heterocycles. The average molecular weight is 241 g/mol. The van der Waals surface area contributed by atoms with E-state index in [2.05, 4.69) is 18.7 Å². The van der Waals surface area contributed by atoms with Gasteiger partial charge in [-0.1, -0.05) is 29.8 Å². The predicted octanol–water partition coefficient (Wildman–Crippen LogP) is 2.55. The van der Waals surface area contributed by atoms with Gasteiger partial charge in [0, 0.05) is 16.6 Å². The molecule has 3 heteroatoms. The summed E-state index contributed by atoms with van der Waals surface area (Å²) < 4.78 is 0. The summed E-state index contributed by atoms with van der Waals surface area (Å²) in [7, 11) is 4.10. The van der Waals surface area contributed by atoms with E-state index in [-0.39, 0.29) is 11.6 Å². The molecule has 16 heavy (non-hydrogen) atoms. The number of nitrogens with two attached hydrogens (primary N) is 1. The van der Waals surface area contributed by atoms with Gasteiger partial charge in [0.2, 0.25) is 0 Å². The number of nitrogens with zero attached hydrogens (tertiary/aromatic N) is 1. The van der Waals surface area contributed by atoms with Gasteiger partial charge in [0.25, 0.3) is 0 Å². The van der Waals surface area contributed by atoms with Gasteiger partial charge in [0.05, 0.1) is 0 Å². The van der Waals surface area contributed by atoms with E-state index < -0.39 is 0 Å². The zero-order valence-corrected chi connectivity index (χ0v) is 11.3. The highest BCUT2D eigenvalue weighted by atomic mass is 35.5. The van der Waals surface area contributed by atoms with Crippen molar-refractivity contribution in [2.75, 3.05) is 14.1 Å². The molecule has 0 bridgehead atoms. The van der Waals surface area contributed by atoms with Crippen LogP contribution in [0.3, 0.4) is 0 Å². The zero-order valence-electron chi connectivity index (χ0n) is 10.5. The molecule has 0 saturated heterocycles. The van der Waals surface area contributed by atoms with Crippen molar-refractivity contribution in [3.63, 3.8) is 0 Å². The number of hydrogen-bond donors (Lipinski definition) is 1. The van der Waals surface area contributed by atoms with Crippen molar-refractivity contribution in [1.29, 1.82) is 0 Å². The van der Waals surface area contributed by atoms with E-state index in [4.69, 9.17) is 17.3 Å². The molecule has 0 aliphatic heterocycles. The van der Waals surface area contributed by atoms with Crippen LogP contribution < -0.4 is 5.73 Å². The Balaban J connectivity index is 2.79. The lowest BCUT2D eigenvalue weighted by Crippen LogP contribution is -2.54. The molecule has 0 aliphatic carbocycles. The maximum Gasteiger partial charge on any atom is 0.0438 e. The van der Waals surface area contributed by atoms with Gasteiger partial charge in [-0.2, -0.15) is 0 Å². The van der Waals surface area contributed by atoms with E-state index in [0.717, 1.165) is 17.0 Å². The van der Waals surface area contributed by atoms with E-state index in [0.29, 0.717) is 0 Å². The molecule has 0 radical (unpaired) electrons. The minimum atomic E-state index is -0.0425. The highest BCUT2D eigenvalue weighted by Crippen LogP contribution is 2.22. The molecule has 1 aromatic carbocycles. The van der Waals surface area contributed by atoms with Crippen LogP contribution in [0.25, 0.3) is 0 Å². The predicted molar refractivity (Wildman–Crippen MR) is 70.9 cm³/mol. The minimum Gasteiger partial charge on any atom is -0.326 e. The van der Waals surface area contributed by atoms with Crippen LogP contribution in [-0.2, 0) is 6.42 Å². The third-order valence-electron chi connectivity index (χ3n) is 3.46. The first-order valence-corrected chi connectivity index (χ1v) is 5.90. The van der Waals surface area contributed by atoms with E-state index >= 15 is 0 Å². The largest absolute Gasteiger partial charge is 0.326 e. The molecule has 0 aliphatic rings. The number of halogens is 1. The Morgan fingerprint density at radius 2 is 1.88 bits per heavy atom. The van der Waals surface area contributed by atoms with E-state index in [1.807, 2.05) is 38.4 Å². The van der Waals surface area contributed by atoms with Crippen LogP contribution in [0.4, 0.5) is 0 Å². The third-order valence-corrected chi connectivity index (χ3v) is 3.83. The Morgan fingerprint density at radius 1 is 1.31 bits per heavy atom. The molecule has 90 valence electrons. The van der Waals surface area contributed by atoms with Gasteiger partial charge < -0.3 is 10.6 Å². The van der Waals surface area contributed by atoms with Crippen LogP contribution in [0.5, 0.6) is 0 Å². The maximum atomic E-state index is 6.25. The van der Waals surface area contributed by atoms with Crippen LogP contribution in [0.2, 0.25) is 5.02 Å². The molecule has 1 aromatic rings. The second-order valence-corrected chi connectivity index (χ2v) is 5.36. The fourth-order valence-corrected chi connectivity index (χ4v) is 1.70. The lowest BCUT2D eigenvalue weighted by molar-refractivity contribution is 0.158. The standard InChI is InChI=1S/C13H21ClN2/c1-13(2,16(3)4)12(15)9-10-7-5-6-8-11(10)14/h5-8,12H,9,15H2,1-4H3. The summed E-state index contributed by atoms with van der Waals surface area (Å²) in [6.45, 7) is 4.29. The summed E-state index contributed by atoms with van der Waals surface area (Å²) in [5.41, 5.74) is 7.33. The smallest absolute Gasteiger partial charge is 0.0438 e. The van der Waals surface area contributed by atoms with E-state index in [1.54, 1.807) is 0 Å². The highest BCUT2D eigenvalue weighted by molar-refractivity contribution is 6.31. The van der Waals surface area contributed by atoms with Crippen molar-refractivity contribution in [2.24, 2.45) is 5.73 Å². The molecule has 2 nitrogen and oxygen atoms in total. The molecule has 2 N–H and O–H groups in total. The molecule has 1 unspecified atom stereocenters. The monoisotopic (exact) mass is 240 g/mol. The van der Waals surface area contributed by atoms with Crippen molar-refractivity contribution in [1.82, 2.24) is 4.90 Å². The summed E-state index contributed by atoms with van der Waals surface area (Å²) in [5, 5.41) is 0.799. The van der Waals surface area contributed by atoms with Crippen molar-refractivity contribution in [3.05, 3.63) is 34.9 Å². The van der Waals surface area contributed by atoms with Crippen LogP contribution in [0, 0.1) is 0 Å². The van der Waals surface area contributed by atoms with Crippen LogP contribution in [-0.4, -0.2) is 30.6 Å². The molecule has 0 saturated carbocycles. The molecule has 1 rings (SSSR count). The second-order valence-electron chi connectivity index (χ2n) is 4.95. The SMILES string of the molecule is CN(C)C(C)(C)C(N)Cc1ccccc1Cl. The van der Waals surface area contributed by atoms with Gasteiger partial charge >= 0.3 is 0 Å². The fraction of sp³-hybridized carbons (Fsp3) is 0.538. The summed E-state index contributed by atoms with van der Waals surface area (Å²) in [5.74, 6) is 0. The first-order chi connectivity index (χ1) is 7.35. The van der Waals surface area contributed by atoms with Gasteiger partial charge in [-0.05, 0) is 46.0 Å². The summed E-state index contributed by atoms with van der Waals surface area (Å²) >= 11 is 6.13. The average Bonchev–Trinajstić information content (AvgIpc) is 2.21. The van der Waals surface area contributed by atoms with Gasteiger partial charge in [-0.25, -0.2) is 0 Å². The first kappa shape index (κ1) is 13.5. The quantitative estimate of drug-likeness (QED) is 0.877. The molecular weight excluding hydrogens is 220 g/mol. The highest BCUT2D eigenvalue weighted by Gasteiger charge is 2.28. The maximum absolute atomic E-state index is 6.25. The number of benzene rings is 1. The topological polar surface area (TPSA) is 29.3 Å². The van der Waals surface area contributed by atoms with Crippen LogP contribution in [0.1, 0.15) is 19.4 Å². The zero-order chi connectivity index (χ0) is 12.3. The van der Waals surface area contributed by atoms with Crippen LogP contribution >= 0.6 is 11.6 Å². The number of hydrogen-bond acceptors (Lipinski definition) is 2. The minimum absolute atomic E-state index is 0.0425. The summed E-state index contributed by atoms with van der Waals surface area (Å²) in [4.78, 5) is 2.15. The Labute approximate surface area is 103 Å². The Kier molecular flexibility index (Phi) is 4.36. The van der Waals surface area contributed by atoms with Gasteiger partial charge in [-0.3, -0.25) is 0 Å². The third kappa shape index (κ3) is 2.97. The molecular formula is C13H21ClN2. The van der Waals surface area contributed by atoms with Crippen molar-refractivity contribution in [3.8, 4) is 0 Å². The molecule has 0 fully saturated rings. The normalized spacial score (nSPS) is 14.2. The molecule has 1 atom stereocenters.